The molecule has 7 heteroatoms. The van der Waals surface area contributed by atoms with Crippen LogP contribution >= 0.6 is 11.3 Å². The van der Waals surface area contributed by atoms with E-state index in [-0.39, 0.29) is 15.9 Å². The van der Waals surface area contributed by atoms with Crippen molar-refractivity contribution in [2.24, 2.45) is 5.14 Å². The van der Waals surface area contributed by atoms with E-state index in [1.807, 2.05) is 6.92 Å². The molecule has 1 unspecified atom stereocenters. The van der Waals surface area contributed by atoms with Gasteiger partial charge < -0.3 is 4.74 Å². The second-order valence-corrected chi connectivity index (χ2v) is 7.93. The Balaban J connectivity index is 2.60. The summed E-state index contributed by atoms with van der Waals surface area (Å²) in [5.41, 5.74) is 0. The molecule has 5 nitrogen and oxygen atoms in total. The molecule has 1 rings (SSSR count). The lowest BCUT2D eigenvalue weighted by Gasteiger charge is -2.12. The first-order chi connectivity index (χ1) is 9.75. The van der Waals surface area contributed by atoms with Crippen LogP contribution in [0, 0.1) is 6.92 Å². The van der Waals surface area contributed by atoms with Crippen molar-refractivity contribution < 1.29 is 17.9 Å². The minimum atomic E-state index is -3.79. The number of nitrogens with two attached hydrogens (primary N) is 1. The second kappa shape index (κ2) is 7.91. The number of esters is 1. The van der Waals surface area contributed by atoms with E-state index >= 15 is 0 Å². The van der Waals surface area contributed by atoms with Crippen molar-refractivity contribution in [3.63, 3.8) is 0 Å². The van der Waals surface area contributed by atoms with E-state index in [2.05, 4.69) is 6.92 Å². The number of unbranched alkanes of at least 4 members (excludes halogenated alkanes) is 3. The molecule has 21 heavy (non-hydrogen) atoms. The number of hydrogen-bond acceptors (Lipinski definition) is 5. The summed E-state index contributed by atoms with van der Waals surface area (Å²) in [4.78, 5) is 12.8. The molecule has 0 bridgehead atoms. The van der Waals surface area contributed by atoms with Crippen LogP contribution in [0.1, 0.15) is 60.5 Å². The number of sulfonamides is 1. The first-order valence-corrected chi connectivity index (χ1v) is 9.46. The summed E-state index contributed by atoms with van der Waals surface area (Å²) in [6, 6.07) is 1.29. The predicted octanol–water partition coefficient (Wildman–Crippen LogP) is 3.22. The molecule has 0 radical (unpaired) electrons. The molecular formula is C14H23NO4S2. The molecular weight excluding hydrogens is 310 g/mol. The van der Waals surface area contributed by atoms with Crippen LogP contribution in [-0.2, 0) is 14.8 Å². The lowest BCUT2D eigenvalue weighted by molar-refractivity contribution is 0.0325. The minimum Gasteiger partial charge on any atom is -0.458 e. The smallest absolute Gasteiger partial charge is 0.348 e. The Labute approximate surface area is 130 Å². The first-order valence-electron chi connectivity index (χ1n) is 7.10. The largest absolute Gasteiger partial charge is 0.458 e. The highest BCUT2D eigenvalue weighted by Crippen LogP contribution is 2.26. The number of primary sulfonamides is 1. The summed E-state index contributed by atoms with van der Waals surface area (Å²) >= 11 is 1.09. The van der Waals surface area contributed by atoms with E-state index in [1.54, 1.807) is 6.92 Å². The molecule has 1 aromatic heterocycles. The normalized spacial score (nSPS) is 13.1. The van der Waals surface area contributed by atoms with Crippen molar-refractivity contribution in [3.8, 4) is 0 Å². The Hall–Kier alpha value is -0.920. The fraction of sp³-hybridized carbons (Fsp3) is 0.643. The summed E-state index contributed by atoms with van der Waals surface area (Å²) in [7, 11) is -3.79. The fourth-order valence-corrected chi connectivity index (χ4v) is 4.04. The lowest BCUT2D eigenvalue weighted by atomic mass is 10.1. The molecule has 1 atom stereocenters. The maximum atomic E-state index is 12.0. The van der Waals surface area contributed by atoms with E-state index in [4.69, 9.17) is 9.88 Å². The molecule has 0 aliphatic heterocycles. The van der Waals surface area contributed by atoms with Crippen LogP contribution in [0.5, 0.6) is 0 Å². The summed E-state index contributed by atoms with van der Waals surface area (Å²) < 4.78 is 28.0. The van der Waals surface area contributed by atoms with Crippen LogP contribution in [0.2, 0.25) is 0 Å². The average Bonchev–Trinajstić information content (AvgIpc) is 2.77. The predicted molar refractivity (Wildman–Crippen MR) is 84.1 cm³/mol. The highest BCUT2D eigenvalue weighted by Gasteiger charge is 2.21. The maximum Gasteiger partial charge on any atom is 0.348 e. The van der Waals surface area contributed by atoms with Gasteiger partial charge in [0.2, 0.25) is 10.0 Å². The van der Waals surface area contributed by atoms with E-state index in [0.29, 0.717) is 4.88 Å². The summed E-state index contributed by atoms with van der Waals surface area (Å²) in [6.45, 7) is 5.62. The summed E-state index contributed by atoms with van der Waals surface area (Å²) in [5.74, 6) is -0.485. The van der Waals surface area contributed by atoms with Crippen molar-refractivity contribution >= 4 is 27.3 Å². The zero-order chi connectivity index (χ0) is 16.0. The molecule has 0 spiro atoms. The first kappa shape index (κ1) is 18.1. The van der Waals surface area contributed by atoms with Gasteiger partial charge in [-0.1, -0.05) is 26.2 Å². The molecule has 120 valence electrons. The standard InChI is InChI=1S/C14H23NO4S2/c1-4-5-6-7-8-10(2)19-14(16)12-9-13(11(3)20-12)21(15,17)18/h9-10H,4-8H2,1-3H3,(H2,15,17,18). The SMILES string of the molecule is CCCCCCC(C)OC(=O)c1cc(S(N)(=O)=O)c(C)s1. The van der Waals surface area contributed by atoms with Gasteiger partial charge in [0.25, 0.3) is 0 Å². The van der Waals surface area contributed by atoms with Gasteiger partial charge in [-0.3, -0.25) is 0 Å². The Morgan fingerprint density at radius 3 is 2.57 bits per heavy atom. The quantitative estimate of drug-likeness (QED) is 0.584. The van der Waals surface area contributed by atoms with Gasteiger partial charge in [-0.2, -0.15) is 0 Å². The molecule has 0 fully saturated rings. The summed E-state index contributed by atoms with van der Waals surface area (Å²) in [6.07, 6.45) is 5.15. The van der Waals surface area contributed by atoms with E-state index in [9.17, 15) is 13.2 Å². The minimum absolute atomic E-state index is 0.00458. The van der Waals surface area contributed by atoms with Crippen LogP contribution in [0.3, 0.4) is 0 Å². The highest BCUT2D eigenvalue weighted by atomic mass is 32.2. The molecule has 1 aromatic rings. The van der Waals surface area contributed by atoms with Gasteiger partial charge >= 0.3 is 5.97 Å². The zero-order valence-corrected chi connectivity index (χ0v) is 14.4. The molecule has 0 amide bonds. The number of carbonyl (C=O) groups is 1. The van der Waals surface area contributed by atoms with Crippen LogP contribution in [0.4, 0.5) is 0 Å². The van der Waals surface area contributed by atoms with Crippen LogP contribution in [0.15, 0.2) is 11.0 Å². The molecule has 0 aliphatic rings. The van der Waals surface area contributed by atoms with Crippen LogP contribution < -0.4 is 5.14 Å². The van der Waals surface area contributed by atoms with Crippen molar-refractivity contribution in [2.75, 3.05) is 0 Å². The monoisotopic (exact) mass is 333 g/mol. The number of ether oxygens (including phenoxy) is 1. The maximum absolute atomic E-state index is 12.0. The number of thiophene rings is 1. The molecule has 0 saturated carbocycles. The lowest BCUT2D eigenvalue weighted by Crippen LogP contribution is -2.14. The Morgan fingerprint density at radius 1 is 1.38 bits per heavy atom. The third kappa shape index (κ3) is 5.76. The van der Waals surface area contributed by atoms with Gasteiger partial charge in [-0.15, -0.1) is 11.3 Å². The van der Waals surface area contributed by atoms with Crippen molar-refractivity contribution in [1.29, 1.82) is 0 Å². The van der Waals surface area contributed by atoms with Crippen LogP contribution in [-0.4, -0.2) is 20.5 Å². The molecule has 0 aromatic carbocycles. The van der Waals surface area contributed by atoms with Crippen molar-refractivity contribution in [3.05, 3.63) is 15.8 Å². The topological polar surface area (TPSA) is 86.5 Å². The van der Waals surface area contributed by atoms with Crippen molar-refractivity contribution in [2.45, 2.75) is 63.9 Å². The molecule has 0 aliphatic carbocycles. The number of rotatable bonds is 8. The number of carbonyl (C=O) groups excluding carboxylic acids is 1. The zero-order valence-electron chi connectivity index (χ0n) is 12.7. The second-order valence-electron chi connectivity index (χ2n) is 5.14. The molecule has 2 N–H and O–H groups in total. The average molecular weight is 333 g/mol. The van der Waals surface area contributed by atoms with Gasteiger partial charge in [-0.05, 0) is 32.8 Å². The van der Waals surface area contributed by atoms with Crippen LogP contribution in [0.25, 0.3) is 0 Å². The van der Waals surface area contributed by atoms with E-state index in [1.165, 1.54) is 18.9 Å². The van der Waals surface area contributed by atoms with E-state index < -0.39 is 16.0 Å². The Bertz CT molecular complexity index is 578. The number of hydrogen-bond donors (Lipinski definition) is 1. The molecule has 0 saturated heterocycles. The van der Waals surface area contributed by atoms with Gasteiger partial charge in [0.05, 0.1) is 11.0 Å². The third-order valence-electron chi connectivity index (χ3n) is 3.15. The van der Waals surface area contributed by atoms with Crippen molar-refractivity contribution in [1.82, 2.24) is 0 Å². The number of aryl methyl sites for hydroxylation is 1. The summed E-state index contributed by atoms with van der Waals surface area (Å²) in [5, 5.41) is 5.09. The van der Waals surface area contributed by atoms with Gasteiger partial charge in [-0.25, -0.2) is 18.4 Å². The fourth-order valence-electron chi connectivity index (χ4n) is 2.01. The Morgan fingerprint density at radius 2 is 2.05 bits per heavy atom. The van der Waals surface area contributed by atoms with E-state index in [0.717, 1.165) is 30.6 Å². The van der Waals surface area contributed by atoms with Gasteiger partial charge in [0, 0.05) is 4.88 Å². The third-order valence-corrected chi connectivity index (χ3v) is 5.35. The molecule has 1 heterocycles. The highest BCUT2D eigenvalue weighted by molar-refractivity contribution is 7.89. The van der Waals surface area contributed by atoms with Gasteiger partial charge in [0.15, 0.2) is 0 Å². The van der Waals surface area contributed by atoms with Gasteiger partial charge in [0.1, 0.15) is 4.88 Å². The Kier molecular flexibility index (Phi) is 6.83.